The van der Waals surface area contributed by atoms with Crippen molar-refractivity contribution >= 4 is 23.2 Å². The molecule has 0 saturated heterocycles. The van der Waals surface area contributed by atoms with Crippen LogP contribution in [0.15, 0.2) is 54.6 Å². The van der Waals surface area contributed by atoms with Gasteiger partial charge in [-0.15, -0.1) is 0 Å². The van der Waals surface area contributed by atoms with Gasteiger partial charge in [-0.25, -0.2) is 0 Å². The first kappa shape index (κ1) is 18.9. The summed E-state index contributed by atoms with van der Waals surface area (Å²) in [4.78, 5) is 12.3. The van der Waals surface area contributed by atoms with Crippen molar-refractivity contribution in [3.63, 3.8) is 0 Å². The molecule has 3 nitrogen and oxygen atoms in total. The summed E-state index contributed by atoms with van der Waals surface area (Å²) in [6.45, 7) is 1.92. The molecule has 0 radical (unpaired) electrons. The number of amides is 1. The van der Waals surface area contributed by atoms with Crippen LogP contribution in [0.4, 0.5) is 5.69 Å². The largest absolute Gasteiger partial charge is 0.385 e. The zero-order valence-corrected chi connectivity index (χ0v) is 15.9. The van der Waals surface area contributed by atoms with Crippen molar-refractivity contribution in [3.8, 4) is 0 Å². The second-order valence-corrected chi connectivity index (χ2v) is 7.93. The van der Waals surface area contributed by atoms with Crippen LogP contribution in [0.25, 0.3) is 0 Å². The maximum atomic E-state index is 12.3. The molecule has 1 aliphatic rings. The van der Waals surface area contributed by atoms with Crippen LogP contribution in [-0.2, 0) is 10.4 Å². The summed E-state index contributed by atoms with van der Waals surface area (Å²) in [6, 6.07) is 17.1. The van der Waals surface area contributed by atoms with Crippen LogP contribution >= 0.6 is 11.6 Å². The molecule has 1 fully saturated rings. The lowest BCUT2D eigenvalue weighted by molar-refractivity contribution is -0.117. The molecule has 0 unspecified atom stereocenters. The summed E-state index contributed by atoms with van der Waals surface area (Å²) in [5.41, 5.74) is 0.946. The first-order valence-corrected chi connectivity index (χ1v) is 9.66. The van der Waals surface area contributed by atoms with Crippen molar-refractivity contribution in [2.24, 2.45) is 11.8 Å². The third-order valence-corrected chi connectivity index (χ3v) is 5.85. The topological polar surface area (TPSA) is 49.3 Å². The second kappa shape index (κ2) is 8.24. The van der Waals surface area contributed by atoms with Crippen molar-refractivity contribution in [1.29, 1.82) is 0 Å². The number of nitrogens with one attached hydrogen (secondary N) is 1. The van der Waals surface area contributed by atoms with Crippen molar-refractivity contribution in [1.82, 2.24) is 0 Å². The number of hydrogen-bond donors (Lipinski definition) is 2. The SMILES string of the molecule is C[C@@](O)(c1ccccc1)C1CCC(CC(=O)Nc2ccc(Cl)cc2)CC1. The maximum absolute atomic E-state index is 12.3. The van der Waals surface area contributed by atoms with Gasteiger partial charge in [0, 0.05) is 17.1 Å². The average molecular weight is 372 g/mol. The van der Waals surface area contributed by atoms with Crippen LogP contribution < -0.4 is 5.32 Å². The number of rotatable bonds is 5. The van der Waals surface area contributed by atoms with Crippen molar-refractivity contribution in [3.05, 3.63) is 65.2 Å². The zero-order chi connectivity index (χ0) is 18.6. The lowest BCUT2D eigenvalue weighted by atomic mass is 9.71. The fourth-order valence-electron chi connectivity index (χ4n) is 3.95. The van der Waals surface area contributed by atoms with E-state index >= 15 is 0 Å². The van der Waals surface area contributed by atoms with E-state index < -0.39 is 5.60 Å². The molecule has 138 valence electrons. The fourth-order valence-corrected chi connectivity index (χ4v) is 4.07. The molecule has 0 aromatic heterocycles. The third-order valence-electron chi connectivity index (χ3n) is 5.60. The van der Waals surface area contributed by atoms with Gasteiger partial charge in [-0.1, -0.05) is 41.9 Å². The quantitative estimate of drug-likeness (QED) is 0.740. The Kier molecular flexibility index (Phi) is 6.00. The first-order valence-electron chi connectivity index (χ1n) is 9.28. The van der Waals surface area contributed by atoms with Gasteiger partial charge in [0.2, 0.25) is 5.91 Å². The van der Waals surface area contributed by atoms with Gasteiger partial charge in [0.25, 0.3) is 0 Å². The van der Waals surface area contributed by atoms with Gasteiger partial charge in [-0.2, -0.15) is 0 Å². The molecule has 1 aliphatic carbocycles. The Hall–Kier alpha value is -1.84. The molecule has 1 atom stereocenters. The average Bonchev–Trinajstić information content (AvgIpc) is 2.65. The smallest absolute Gasteiger partial charge is 0.224 e. The van der Waals surface area contributed by atoms with Crippen molar-refractivity contribution in [2.45, 2.75) is 44.6 Å². The van der Waals surface area contributed by atoms with E-state index in [1.165, 1.54) is 0 Å². The Morgan fingerprint density at radius 2 is 1.69 bits per heavy atom. The van der Waals surface area contributed by atoms with Gasteiger partial charge >= 0.3 is 0 Å². The maximum Gasteiger partial charge on any atom is 0.224 e. The summed E-state index contributed by atoms with van der Waals surface area (Å²) in [7, 11) is 0. The summed E-state index contributed by atoms with van der Waals surface area (Å²) in [6.07, 6.45) is 4.37. The molecule has 2 N–H and O–H groups in total. The summed E-state index contributed by atoms with van der Waals surface area (Å²) in [5, 5.41) is 14.6. The first-order chi connectivity index (χ1) is 12.4. The van der Waals surface area contributed by atoms with Crippen molar-refractivity contribution in [2.75, 3.05) is 5.32 Å². The molecule has 4 heteroatoms. The number of carbonyl (C=O) groups excluding carboxylic acids is 1. The van der Waals surface area contributed by atoms with E-state index in [4.69, 9.17) is 11.6 Å². The van der Waals surface area contributed by atoms with Crippen LogP contribution in [0.2, 0.25) is 5.02 Å². The van der Waals surface area contributed by atoms with E-state index in [0.29, 0.717) is 17.4 Å². The second-order valence-electron chi connectivity index (χ2n) is 7.49. The third kappa shape index (κ3) is 4.66. The molecule has 1 amide bonds. The van der Waals surface area contributed by atoms with Gasteiger partial charge in [0.1, 0.15) is 0 Å². The molecular weight excluding hydrogens is 346 g/mol. The van der Waals surface area contributed by atoms with Gasteiger partial charge in [0.15, 0.2) is 0 Å². The van der Waals surface area contributed by atoms with Crippen LogP contribution in [0.3, 0.4) is 0 Å². The van der Waals surface area contributed by atoms with Gasteiger partial charge in [-0.3, -0.25) is 4.79 Å². The van der Waals surface area contributed by atoms with E-state index in [2.05, 4.69) is 5.32 Å². The van der Waals surface area contributed by atoms with Crippen LogP contribution in [0, 0.1) is 11.8 Å². The Labute approximate surface area is 160 Å². The van der Waals surface area contributed by atoms with E-state index in [1.807, 2.05) is 49.4 Å². The monoisotopic (exact) mass is 371 g/mol. The van der Waals surface area contributed by atoms with Crippen LogP contribution in [0.5, 0.6) is 0 Å². The number of hydrogen-bond acceptors (Lipinski definition) is 2. The Balaban J connectivity index is 1.50. The fraction of sp³-hybridized carbons (Fsp3) is 0.409. The lowest BCUT2D eigenvalue weighted by Crippen LogP contribution is -2.35. The van der Waals surface area contributed by atoms with Crippen LogP contribution in [0.1, 0.15) is 44.6 Å². The lowest BCUT2D eigenvalue weighted by Gasteiger charge is -2.38. The highest BCUT2D eigenvalue weighted by Gasteiger charge is 2.36. The molecular formula is C22H26ClNO2. The summed E-state index contributed by atoms with van der Waals surface area (Å²) >= 11 is 5.87. The van der Waals surface area contributed by atoms with E-state index in [1.54, 1.807) is 12.1 Å². The molecule has 3 rings (SSSR count). The minimum absolute atomic E-state index is 0.0468. The highest BCUT2D eigenvalue weighted by molar-refractivity contribution is 6.30. The Morgan fingerprint density at radius 3 is 2.31 bits per heavy atom. The highest BCUT2D eigenvalue weighted by Crippen LogP contribution is 2.41. The van der Waals surface area contributed by atoms with Crippen LogP contribution in [-0.4, -0.2) is 11.0 Å². The molecule has 0 bridgehead atoms. The number of halogens is 1. The molecule has 0 aliphatic heterocycles. The highest BCUT2D eigenvalue weighted by atomic mass is 35.5. The zero-order valence-electron chi connectivity index (χ0n) is 15.1. The Morgan fingerprint density at radius 1 is 1.08 bits per heavy atom. The summed E-state index contributed by atoms with van der Waals surface area (Å²) in [5.74, 6) is 0.663. The molecule has 2 aromatic carbocycles. The minimum atomic E-state index is -0.808. The van der Waals surface area contributed by atoms with Crippen molar-refractivity contribution < 1.29 is 9.90 Å². The van der Waals surface area contributed by atoms with Gasteiger partial charge in [0.05, 0.1) is 5.60 Å². The number of anilines is 1. The van der Waals surface area contributed by atoms with E-state index in [0.717, 1.165) is 36.9 Å². The molecule has 0 heterocycles. The standard InChI is InChI=1S/C22H26ClNO2/c1-22(26,17-5-3-2-4-6-17)18-9-7-16(8-10-18)15-21(25)24-20-13-11-19(23)12-14-20/h2-6,11-14,16,18,26H,7-10,15H2,1H3,(H,24,25)/t16?,18?,22-/m1/s1. The number of carbonyl (C=O) groups is 1. The number of benzene rings is 2. The molecule has 1 saturated carbocycles. The normalized spacial score (nSPS) is 22.4. The van der Waals surface area contributed by atoms with Gasteiger partial charge < -0.3 is 10.4 Å². The minimum Gasteiger partial charge on any atom is -0.385 e. The number of aliphatic hydroxyl groups is 1. The molecule has 2 aromatic rings. The van der Waals surface area contributed by atoms with Gasteiger partial charge in [-0.05, 0) is 74.3 Å². The summed E-state index contributed by atoms with van der Waals surface area (Å²) < 4.78 is 0. The Bertz CT molecular complexity index is 720. The van der Waals surface area contributed by atoms with E-state index in [9.17, 15) is 9.90 Å². The van der Waals surface area contributed by atoms with E-state index in [-0.39, 0.29) is 11.8 Å². The molecule has 26 heavy (non-hydrogen) atoms. The predicted octanol–water partition coefficient (Wildman–Crippen LogP) is 5.38. The molecule has 0 spiro atoms. The predicted molar refractivity (Wildman–Crippen MR) is 106 cm³/mol.